The summed E-state index contributed by atoms with van der Waals surface area (Å²) in [5.41, 5.74) is 7.39. The molecule has 4 N–H and O–H groups in total. The van der Waals surface area contributed by atoms with Crippen molar-refractivity contribution in [2.45, 2.75) is 6.54 Å². The van der Waals surface area contributed by atoms with Gasteiger partial charge in [0.05, 0.1) is 5.69 Å². The third-order valence-corrected chi connectivity index (χ3v) is 3.85. The number of nitrogens with one attached hydrogen (secondary N) is 2. The molecule has 6 nitrogen and oxygen atoms in total. The molecule has 0 saturated carbocycles. The summed E-state index contributed by atoms with van der Waals surface area (Å²) in [6.07, 6.45) is 3.39. The van der Waals surface area contributed by atoms with E-state index in [0.717, 1.165) is 5.56 Å². The van der Waals surface area contributed by atoms with Crippen LogP contribution in [0.25, 0.3) is 0 Å². The molecule has 0 spiro atoms. The number of pyridine rings is 1. The Hall–Kier alpha value is -2.59. The van der Waals surface area contributed by atoms with Gasteiger partial charge in [-0.1, -0.05) is 0 Å². The van der Waals surface area contributed by atoms with E-state index in [9.17, 15) is 4.79 Å². The number of carbonyl (C=O) groups is 1. The van der Waals surface area contributed by atoms with E-state index in [0.29, 0.717) is 22.0 Å². The molecule has 0 aliphatic carbocycles. The minimum Gasteiger partial charge on any atom is -0.396 e. The monoisotopic (exact) mass is 287 g/mol. The second-order valence-corrected chi connectivity index (χ2v) is 4.97. The maximum absolute atomic E-state index is 11.7. The van der Waals surface area contributed by atoms with E-state index in [4.69, 9.17) is 11.0 Å². The molecule has 102 valence electrons. The Morgan fingerprint density at radius 3 is 2.80 bits per heavy atom. The van der Waals surface area contributed by atoms with Gasteiger partial charge in [0.15, 0.2) is 0 Å². The molecule has 0 saturated heterocycles. The van der Waals surface area contributed by atoms with Crippen molar-refractivity contribution in [1.29, 1.82) is 5.26 Å². The smallest absolute Gasteiger partial charge is 0.263 e. The Morgan fingerprint density at radius 2 is 2.20 bits per heavy atom. The Bertz CT molecular complexity index is 659. The van der Waals surface area contributed by atoms with Crippen LogP contribution in [0.15, 0.2) is 24.5 Å². The molecule has 7 heteroatoms. The van der Waals surface area contributed by atoms with Gasteiger partial charge in [0.1, 0.15) is 21.5 Å². The van der Waals surface area contributed by atoms with E-state index in [1.807, 2.05) is 18.2 Å². The maximum Gasteiger partial charge on any atom is 0.263 e. The van der Waals surface area contributed by atoms with Crippen molar-refractivity contribution < 1.29 is 4.79 Å². The SMILES string of the molecule is CNC(=O)c1sc(NCc2ccncc2)c(C#N)c1N. The van der Waals surface area contributed by atoms with Crippen LogP contribution in [0.3, 0.4) is 0 Å². The molecule has 2 aromatic rings. The molecule has 20 heavy (non-hydrogen) atoms. The lowest BCUT2D eigenvalue weighted by Gasteiger charge is -2.03. The zero-order chi connectivity index (χ0) is 14.5. The van der Waals surface area contributed by atoms with Crippen molar-refractivity contribution in [2.24, 2.45) is 0 Å². The van der Waals surface area contributed by atoms with Gasteiger partial charge >= 0.3 is 0 Å². The van der Waals surface area contributed by atoms with Crippen molar-refractivity contribution in [3.63, 3.8) is 0 Å². The van der Waals surface area contributed by atoms with Crippen LogP contribution in [0.4, 0.5) is 10.7 Å². The van der Waals surface area contributed by atoms with E-state index in [1.54, 1.807) is 12.4 Å². The molecular formula is C13H13N5OS. The number of aromatic nitrogens is 1. The number of nitrogens with zero attached hydrogens (tertiary/aromatic N) is 2. The van der Waals surface area contributed by atoms with Gasteiger partial charge < -0.3 is 16.4 Å². The second kappa shape index (κ2) is 6.04. The normalized spacial score (nSPS) is 9.80. The first-order valence-corrected chi connectivity index (χ1v) is 6.66. The average molecular weight is 287 g/mol. The highest BCUT2D eigenvalue weighted by molar-refractivity contribution is 7.18. The van der Waals surface area contributed by atoms with Gasteiger partial charge in [-0.05, 0) is 17.7 Å². The Kier molecular flexibility index (Phi) is 4.17. The summed E-state index contributed by atoms with van der Waals surface area (Å²) in [5.74, 6) is -0.291. The standard InChI is InChI=1S/C13H13N5OS/c1-16-12(19)11-10(15)9(6-14)13(20-11)18-7-8-2-4-17-5-3-8/h2-5,18H,7,15H2,1H3,(H,16,19). The number of amides is 1. The first-order chi connectivity index (χ1) is 9.67. The van der Waals surface area contributed by atoms with Crippen molar-refractivity contribution in [3.8, 4) is 6.07 Å². The van der Waals surface area contributed by atoms with E-state index < -0.39 is 0 Å². The fraction of sp³-hybridized carbons (Fsp3) is 0.154. The quantitative estimate of drug-likeness (QED) is 0.791. The lowest BCUT2D eigenvalue weighted by atomic mass is 10.2. The Morgan fingerprint density at radius 1 is 1.50 bits per heavy atom. The van der Waals surface area contributed by atoms with Crippen LogP contribution in [-0.2, 0) is 6.54 Å². The first kappa shape index (κ1) is 13.8. The molecule has 2 aromatic heterocycles. The zero-order valence-corrected chi connectivity index (χ0v) is 11.6. The van der Waals surface area contributed by atoms with E-state index in [-0.39, 0.29) is 11.6 Å². The summed E-state index contributed by atoms with van der Waals surface area (Å²) in [4.78, 5) is 15.9. The minimum absolute atomic E-state index is 0.217. The van der Waals surface area contributed by atoms with Gasteiger partial charge in [0.2, 0.25) is 0 Å². The van der Waals surface area contributed by atoms with E-state index in [1.165, 1.54) is 18.4 Å². The number of carbonyl (C=O) groups excluding carboxylic acids is 1. The van der Waals surface area contributed by atoms with Crippen LogP contribution < -0.4 is 16.4 Å². The van der Waals surface area contributed by atoms with Crippen LogP contribution in [0.1, 0.15) is 20.8 Å². The Balaban J connectivity index is 2.24. The first-order valence-electron chi connectivity index (χ1n) is 5.84. The Labute approximate surface area is 120 Å². The molecule has 0 bridgehead atoms. The largest absolute Gasteiger partial charge is 0.396 e. The molecular weight excluding hydrogens is 274 g/mol. The van der Waals surface area contributed by atoms with Crippen LogP contribution in [0.2, 0.25) is 0 Å². The number of thiophene rings is 1. The molecule has 0 aliphatic rings. The van der Waals surface area contributed by atoms with Crippen molar-refractivity contribution in [1.82, 2.24) is 10.3 Å². The molecule has 0 atom stereocenters. The number of anilines is 2. The third-order valence-electron chi connectivity index (χ3n) is 2.69. The number of nitrogens with two attached hydrogens (primary N) is 1. The van der Waals surface area contributed by atoms with Gasteiger partial charge in [-0.25, -0.2) is 0 Å². The predicted octanol–water partition coefficient (Wildman–Crippen LogP) is 1.57. The van der Waals surface area contributed by atoms with Gasteiger partial charge in [0.25, 0.3) is 5.91 Å². The van der Waals surface area contributed by atoms with Crippen molar-refractivity contribution in [3.05, 3.63) is 40.5 Å². The summed E-state index contributed by atoms with van der Waals surface area (Å²) in [5, 5.41) is 15.4. The molecule has 0 unspecified atom stereocenters. The van der Waals surface area contributed by atoms with Crippen LogP contribution >= 0.6 is 11.3 Å². The fourth-order valence-electron chi connectivity index (χ4n) is 1.64. The lowest BCUT2D eigenvalue weighted by molar-refractivity contribution is 0.0968. The molecule has 0 aromatic carbocycles. The number of nitriles is 1. The van der Waals surface area contributed by atoms with Gasteiger partial charge in [-0.15, -0.1) is 11.3 Å². The summed E-state index contributed by atoms with van der Waals surface area (Å²) in [6.45, 7) is 0.532. The van der Waals surface area contributed by atoms with Gasteiger partial charge in [-0.3, -0.25) is 9.78 Å². The summed E-state index contributed by atoms with van der Waals surface area (Å²) in [6, 6.07) is 5.77. The lowest BCUT2D eigenvalue weighted by Crippen LogP contribution is -2.17. The van der Waals surface area contributed by atoms with Crippen LogP contribution in [0.5, 0.6) is 0 Å². The highest BCUT2D eigenvalue weighted by atomic mass is 32.1. The minimum atomic E-state index is -0.291. The number of nitrogen functional groups attached to an aromatic ring is 1. The summed E-state index contributed by atoms with van der Waals surface area (Å²) < 4.78 is 0. The van der Waals surface area contributed by atoms with Crippen molar-refractivity contribution in [2.75, 3.05) is 18.1 Å². The third kappa shape index (κ3) is 2.70. The molecule has 1 amide bonds. The van der Waals surface area contributed by atoms with Gasteiger partial charge in [-0.2, -0.15) is 5.26 Å². The van der Waals surface area contributed by atoms with Gasteiger partial charge in [0, 0.05) is 26.0 Å². The van der Waals surface area contributed by atoms with Crippen LogP contribution in [-0.4, -0.2) is 17.9 Å². The molecule has 0 fully saturated rings. The molecule has 2 heterocycles. The maximum atomic E-state index is 11.7. The molecule has 0 aliphatic heterocycles. The summed E-state index contributed by atoms with van der Waals surface area (Å²) >= 11 is 1.18. The molecule has 0 radical (unpaired) electrons. The summed E-state index contributed by atoms with van der Waals surface area (Å²) in [7, 11) is 1.53. The number of hydrogen-bond donors (Lipinski definition) is 3. The highest BCUT2D eigenvalue weighted by Crippen LogP contribution is 2.35. The topological polar surface area (TPSA) is 104 Å². The average Bonchev–Trinajstić information content (AvgIpc) is 2.81. The van der Waals surface area contributed by atoms with E-state index in [2.05, 4.69) is 15.6 Å². The molecule has 2 rings (SSSR count). The number of rotatable bonds is 4. The fourth-order valence-corrected chi connectivity index (χ4v) is 2.66. The van der Waals surface area contributed by atoms with E-state index >= 15 is 0 Å². The highest BCUT2D eigenvalue weighted by Gasteiger charge is 2.20. The zero-order valence-electron chi connectivity index (χ0n) is 10.8. The number of hydrogen-bond acceptors (Lipinski definition) is 6. The second-order valence-electron chi connectivity index (χ2n) is 3.95. The van der Waals surface area contributed by atoms with Crippen LogP contribution in [0, 0.1) is 11.3 Å². The predicted molar refractivity (Wildman–Crippen MR) is 78.4 cm³/mol. The van der Waals surface area contributed by atoms with Crippen molar-refractivity contribution >= 4 is 27.9 Å².